The van der Waals surface area contributed by atoms with Gasteiger partial charge in [0, 0.05) is 28.5 Å². The number of aromatic amines is 1. The first kappa shape index (κ1) is 22.3. The highest BCUT2D eigenvalue weighted by Gasteiger charge is 2.35. The van der Waals surface area contributed by atoms with Crippen LogP contribution in [0.15, 0.2) is 48.5 Å². The van der Waals surface area contributed by atoms with E-state index >= 15 is 0 Å². The maximum absolute atomic E-state index is 13.8. The minimum Gasteiger partial charge on any atom is -0.328 e. The topological polar surface area (TPSA) is 92.5 Å². The van der Waals surface area contributed by atoms with Crippen LogP contribution in [0.25, 0.3) is 22.3 Å². The Kier molecular flexibility index (Phi) is 5.73. The molecule has 0 bridgehead atoms. The molecule has 0 unspecified atom stereocenters. The maximum atomic E-state index is 13.8. The van der Waals surface area contributed by atoms with Crippen molar-refractivity contribution in [3.63, 3.8) is 0 Å². The monoisotopic (exact) mass is 466 g/mol. The zero-order chi connectivity index (χ0) is 23.9. The Bertz CT molecular complexity index is 1320. The van der Waals surface area contributed by atoms with Crippen LogP contribution >= 0.6 is 0 Å². The largest absolute Gasteiger partial charge is 0.417 e. The number of nitrogens with two attached hydrogens (primary N) is 1. The molecule has 34 heavy (non-hydrogen) atoms. The van der Waals surface area contributed by atoms with E-state index in [1.54, 1.807) is 6.07 Å². The number of halogens is 3. The highest BCUT2D eigenvalue weighted by atomic mass is 19.4. The SMILES string of the molecule is Cc1c(Nc2n[nH]c3ccccc23)nc(-c2ccccc2C(F)(F)F)nc1C1CCC(N)CC1. The van der Waals surface area contributed by atoms with Crippen LogP contribution in [0.3, 0.4) is 0 Å². The minimum absolute atomic E-state index is 0.0429. The van der Waals surface area contributed by atoms with Crippen LogP contribution in [-0.4, -0.2) is 26.2 Å². The van der Waals surface area contributed by atoms with Gasteiger partial charge in [-0.3, -0.25) is 5.10 Å². The number of nitrogens with zero attached hydrogens (tertiary/aromatic N) is 3. The first-order valence-electron chi connectivity index (χ1n) is 11.3. The third-order valence-electron chi connectivity index (χ3n) is 6.52. The first-order chi connectivity index (χ1) is 16.3. The van der Waals surface area contributed by atoms with Crippen LogP contribution in [0.1, 0.15) is 48.4 Å². The summed E-state index contributed by atoms with van der Waals surface area (Å²) < 4.78 is 41.4. The summed E-state index contributed by atoms with van der Waals surface area (Å²) in [6.07, 6.45) is -1.13. The number of aromatic nitrogens is 4. The second kappa shape index (κ2) is 8.72. The van der Waals surface area contributed by atoms with Crippen molar-refractivity contribution < 1.29 is 13.2 Å². The van der Waals surface area contributed by atoms with Crippen molar-refractivity contribution >= 4 is 22.5 Å². The van der Waals surface area contributed by atoms with Gasteiger partial charge in [0.1, 0.15) is 5.82 Å². The Labute approximate surface area is 194 Å². The van der Waals surface area contributed by atoms with Gasteiger partial charge in [0.2, 0.25) is 0 Å². The van der Waals surface area contributed by atoms with E-state index in [1.807, 2.05) is 31.2 Å². The first-order valence-corrected chi connectivity index (χ1v) is 11.3. The van der Waals surface area contributed by atoms with Gasteiger partial charge in [-0.2, -0.15) is 18.3 Å². The predicted octanol–water partition coefficient (Wildman–Crippen LogP) is 6.08. The van der Waals surface area contributed by atoms with Gasteiger partial charge in [-0.05, 0) is 50.8 Å². The quantitative estimate of drug-likeness (QED) is 0.339. The standard InChI is InChI=1S/C25H25F3N6/c1-14-21(15-10-12-16(29)13-11-15)30-23(17-6-2-4-8-19(17)25(26,27)28)31-22(14)32-24-18-7-3-5-9-20(18)33-34-24/h2-9,15-16H,10-13,29H2,1H3,(H2,30,31,32,33,34). The fourth-order valence-corrected chi connectivity index (χ4v) is 4.66. The lowest BCUT2D eigenvalue weighted by molar-refractivity contribution is -0.137. The van der Waals surface area contributed by atoms with Crippen LogP contribution in [0.4, 0.5) is 24.8 Å². The average molecular weight is 467 g/mol. The number of hydrogen-bond acceptors (Lipinski definition) is 5. The number of rotatable bonds is 4. The molecule has 1 fully saturated rings. The minimum atomic E-state index is -4.52. The number of alkyl halides is 3. The molecule has 1 aliphatic rings. The normalized spacial score (nSPS) is 18.9. The molecule has 4 N–H and O–H groups in total. The molecular weight excluding hydrogens is 441 g/mol. The molecule has 5 rings (SSSR count). The van der Waals surface area contributed by atoms with E-state index in [2.05, 4.69) is 20.5 Å². The van der Waals surface area contributed by atoms with Gasteiger partial charge in [0.05, 0.1) is 16.8 Å². The summed E-state index contributed by atoms with van der Waals surface area (Å²) in [7, 11) is 0. The Hall–Kier alpha value is -3.46. The van der Waals surface area contributed by atoms with Crippen LogP contribution in [0.5, 0.6) is 0 Å². The van der Waals surface area contributed by atoms with E-state index in [1.165, 1.54) is 12.1 Å². The van der Waals surface area contributed by atoms with Gasteiger partial charge in [0.25, 0.3) is 0 Å². The molecule has 0 saturated heterocycles. The smallest absolute Gasteiger partial charge is 0.328 e. The summed E-state index contributed by atoms with van der Waals surface area (Å²) in [6.45, 7) is 1.90. The zero-order valence-corrected chi connectivity index (χ0v) is 18.7. The highest BCUT2D eigenvalue weighted by Crippen LogP contribution is 2.40. The Morgan fingerprint density at radius 2 is 1.65 bits per heavy atom. The number of benzene rings is 2. The van der Waals surface area contributed by atoms with E-state index in [0.717, 1.165) is 53.9 Å². The lowest BCUT2D eigenvalue weighted by atomic mass is 9.83. The summed E-state index contributed by atoms with van der Waals surface area (Å²) in [5.41, 5.74) is 7.71. The molecule has 0 radical (unpaired) electrons. The molecular formula is C25H25F3N6. The number of H-pyrrole nitrogens is 1. The van der Waals surface area contributed by atoms with Crippen LogP contribution in [-0.2, 0) is 6.18 Å². The van der Waals surface area contributed by atoms with Crippen molar-refractivity contribution in [2.75, 3.05) is 5.32 Å². The molecule has 2 heterocycles. The van der Waals surface area contributed by atoms with E-state index in [-0.39, 0.29) is 23.3 Å². The zero-order valence-electron chi connectivity index (χ0n) is 18.7. The van der Waals surface area contributed by atoms with Crippen molar-refractivity contribution in [2.45, 2.75) is 50.7 Å². The van der Waals surface area contributed by atoms with E-state index in [4.69, 9.17) is 10.7 Å². The summed E-state index contributed by atoms with van der Waals surface area (Å²) in [5, 5.41) is 11.4. The van der Waals surface area contributed by atoms with Crippen molar-refractivity contribution in [3.8, 4) is 11.4 Å². The molecule has 0 atom stereocenters. The van der Waals surface area contributed by atoms with Crippen LogP contribution in [0, 0.1) is 6.92 Å². The lowest BCUT2D eigenvalue weighted by Crippen LogP contribution is -2.26. The van der Waals surface area contributed by atoms with Crippen molar-refractivity contribution in [2.24, 2.45) is 5.73 Å². The molecule has 2 aromatic heterocycles. The molecule has 0 spiro atoms. The number of anilines is 2. The third kappa shape index (κ3) is 4.23. The molecule has 176 valence electrons. The summed E-state index contributed by atoms with van der Waals surface area (Å²) in [4.78, 5) is 9.27. The number of para-hydroxylation sites is 1. The third-order valence-corrected chi connectivity index (χ3v) is 6.52. The molecule has 0 aliphatic heterocycles. The Morgan fingerprint density at radius 1 is 0.941 bits per heavy atom. The van der Waals surface area contributed by atoms with E-state index < -0.39 is 11.7 Å². The number of fused-ring (bicyclic) bond motifs is 1. The number of hydrogen-bond donors (Lipinski definition) is 3. The predicted molar refractivity (Wildman–Crippen MR) is 126 cm³/mol. The van der Waals surface area contributed by atoms with Gasteiger partial charge in [-0.15, -0.1) is 0 Å². The van der Waals surface area contributed by atoms with Crippen molar-refractivity contribution in [1.82, 2.24) is 20.2 Å². The van der Waals surface area contributed by atoms with Gasteiger partial charge in [0.15, 0.2) is 11.6 Å². The second-order valence-electron chi connectivity index (χ2n) is 8.80. The fourth-order valence-electron chi connectivity index (χ4n) is 4.66. The lowest BCUT2D eigenvalue weighted by Gasteiger charge is -2.27. The van der Waals surface area contributed by atoms with Gasteiger partial charge in [-0.1, -0.05) is 30.3 Å². The molecule has 1 aliphatic carbocycles. The van der Waals surface area contributed by atoms with Gasteiger partial charge < -0.3 is 11.1 Å². The molecule has 9 heteroatoms. The Morgan fingerprint density at radius 3 is 2.41 bits per heavy atom. The maximum Gasteiger partial charge on any atom is 0.417 e. The second-order valence-corrected chi connectivity index (χ2v) is 8.80. The van der Waals surface area contributed by atoms with Crippen molar-refractivity contribution in [3.05, 3.63) is 65.4 Å². The Balaban J connectivity index is 1.65. The van der Waals surface area contributed by atoms with E-state index in [9.17, 15) is 13.2 Å². The molecule has 0 amide bonds. The summed E-state index contributed by atoms with van der Waals surface area (Å²) >= 11 is 0. The molecule has 4 aromatic rings. The fraction of sp³-hybridized carbons (Fsp3) is 0.320. The summed E-state index contributed by atoms with van der Waals surface area (Å²) in [5.74, 6) is 1.16. The van der Waals surface area contributed by atoms with Crippen LogP contribution < -0.4 is 11.1 Å². The van der Waals surface area contributed by atoms with Crippen molar-refractivity contribution in [1.29, 1.82) is 0 Å². The molecule has 2 aromatic carbocycles. The number of nitrogens with one attached hydrogen (secondary N) is 2. The van der Waals surface area contributed by atoms with Crippen LogP contribution in [0.2, 0.25) is 0 Å². The highest BCUT2D eigenvalue weighted by molar-refractivity contribution is 5.91. The van der Waals surface area contributed by atoms with E-state index in [0.29, 0.717) is 11.6 Å². The average Bonchev–Trinajstić information content (AvgIpc) is 3.23. The van der Waals surface area contributed by atoms with Gasteiger partial charge in [-0.25, -0.2) is 9.97 Å². The summed E-state index contributed by atoms with van der Waals surface area (Å²) in [6, 6.07) is 13.2. The molecule has 6 nitrogen and oxygen atoms in total. The van der Waals surface area contributed by atoms with Gasteiger partial charge >= 0.3 is 6.18 Å². The molecule has 1 saturated carbocycles.